The molecule has 93 heavy (non-hydrogen) atoms. The SMILES string of the molecule is CCCCCCCCC1CCC(CCCCCC)C(CCCCCCC(=O)OCC(CC)C2CC3CC2C2CC(COC(=O)c4cccc(C(=O)O)c4)CC32)C1CCCCCCC(=O)OCC(CCC)C1CC2C[C@@H]1C1CC(COC(=O)c3cccc(C(=O)O)c3)CC21. The lowest BCUT2D eigenvalue weighted by Gasteiger charge is -2.44. The summed E-state index contributed by atoms with van der Waals surface area (Å²) in [7, 11) is 0. The molecule has 4 bridgehead atoms. The summed E-state index contributed by atoms with van der Waals surface area (Å²) >= 11 is 0. The molecule has 18 atom stereocenters. The van der Waals surface area contributed by atoms with Gasteiger partial charge in [-0.2, -0.15) is 0 Å². The van der Waals surface area contributed by atoms with E-state index >= 15 is 0 Å². The van der Waals surface area contributed by atoms with E-state index in [1.54, 1.807) is 24.3 Å². The molecule has 0 aromatic heterocycles. The smallest absolute Gasteiger partial charge is 0.338 e. The van der Waals surface area contributed by atoms with Crippen LogP contribution in [0.4, 0.5) is 0 Å². The lowest BCUT2D eigenvalue weighted by molar-refractivity contribution is -0.147. The van der Waals surface area contributed by atoms with Gasteiger partial charge in [-0.1, -0.05) is 162 Å². The van der Waals surface area contributed by atoms with Crippen LogP contribution in [0.2, 0.25) is 0 Å². The van der Waals surface area contributed by atoms with Gasteiger partial charge in [0.1, 0.15) is 0 Å². The fourth-order valence-corrected chi connectivity index (χ4v) is 21.0. The number of hydrogen-bond acceptors (Lipinski definition) is 10. The predicted octanol–water partition coefficient (Wildman–Crippen LogP) is 19.9. The maximum Gasteiger partial charge on any atom is 0.338 e. The number of rotatable bonds is 43. The minimum atomic E-state index is -1.06. The first kappa shape index (κ1) is 72.5. The highest BCUT2D eigenvalue weighted by atomic mass is 16.5. The molecule has 2 aromatic carbocycles. The minimum Gasteiger partial charge on any atom is -0.478 e. The number of aromatic carboxylic acids is 2. The van der Waals surface area contributed by atoms with E-state index in [0.717, 1.165) is 94.3 Å². The summed E-state index contributed by atoms with van der Waals surface area (Å²) in [5, 5.41) is 18.8. The zero-order valence-electron chi connectivity index (χ0n) is 58.0. The molecule has 0 heterocycles. The van der Waals surface area contributed by atoms with Crippen molar-refractivity contribution < 1.29 is 57.9 Å². The topological polar surface area (TPSA) is 180 Å². The molecule has 12 heteroatoms. The Labute approximate surface area is 560 Å². The zero-order valence-corrected chi connectivity index (χ0v) is 58.0. The molecule has 0 spiro atoms. The summed E-state index contributed by atoms with van der Waals surface area (Å²) in [6, 6.07) is 12.2. The largest absolute Gasteiger partial charge is 0.478 e. The summed E-state index contributed by atoms with van der Waals surface area (Å²) in [5.41, 5.74) is 0.742. The van der Waals surface area contributed by atoms with E-state index in [4.69, 9.17) is 18.9 Å². The summed E-state index contributed by atoms with van der Waals surface area (Å²) in [6.07, 6.45) is 44.0. The molecule has 0 saturated heterocycles. The van der Waals surface area contributed by atoms with Crippen LogP contribution < -0.4 is 0 Å². The molecular weight excluding hydrogens is 1160 g/mol. The fourth-order valence-electron chi connectivity index (χ4n) is 21.0. The van der Waals surface area contributed by atoms with Crippen LogP contribution in [-0.2, 0) is 28.5 Å². The van der Waals surface area contributed by atoms with Crippen molar-refractivity contribution in [1.82, 2.24) is 0 Å². The molecule has 0 amide bonds. The van der Waals surface area contributed by atoms with Gasteiger partial charge in [-0.25, -0.2) is 19.2 Å². The van der Waals surface area contributed by atoms with Crippen LogP contribution in [0.25, 0.3) is 0 Å². The van der Waals surface area contributed by atoms with Crippen LogP contribution in [-0.4, -0.2) is 72.5 Å². The van der Waals surface area contributed by atoms with E-state index in [9.17, 15) is 39.0 Å². The first-order valence-electron chi connectivity index (χ1n) is 38.6. The Morgan fingerprint density at radius 1 is 0.419 bits per heavy atom. The van der Waals surface area contributed by atoms with E-state index in [1.807, 2.05) is 0 Å². The van der Waals surface area contributed by atoms with E-state index in [-0.39, 0.29) is 34.2 Å². The molecule has 9 rings (SSSR count). The molecule has 12 nitrogen and oxygen atoms in total. The average Bonchev–Trinajstić information content (AvgIpc) is 1.60. The number of carboxylic acid groups (broad SMARTS) is 2. The van der Waals surface area contributed by atoms with Crippen LogP contribution in [0.3, 0.4) is 0 Å². The van der Waals surface area contributed by atoms with Crippen LogP contribution in [0.1, 0.15) is 307 Å². The zero-order chi connectivity index (χ0) is 65.6. The van der Waals surface area contributed by atoms with Crippen molar-refractivity contribution in [3.05, 3.63) is 70.8 Å². The Hall–Kier alpha value is -4.74. The molecule has 518 valence electrons. The van der Waals surface area contributed by atoms with Crippen molar-refractivity contribution in [2.45, 2.75) is 265 Å². The van der Waals surface area contributed by atoms with Crippen LogP contribution in [0.5, 0.6) is 0 Å². The second-order valence-corrected chi connectivity index (χ2v) is 31.2. The number of unbranched alkanes of at least 4 members (excludes halogenated alkanes) is 14. The van der Waals surface area contributed by atoms with Crippen molar-refractivity contribution in [3.63, 3.8) is 0 Å². The summed E-state index contributed by atoms with van der Waals surface area (Å²) in [5.74, 6) is 8.12. The van der Waals surface area contributed by atoms with E-state index < -0.39 is 23.9 Å². The molecule has 7 saturated carbocycles. The molecule has 7 fully saturated rings. The summed E-state index contributed by atoms with van der Waals surface area (Å²) in [4.78, 5) is 75.5. The van der Waals surface area contributed by atoms with Crippen molar-refractivity contribution in [2.24, 2.45) is 107 Å². The average molecular weight is 1290 g/mol. The van der Waals surface area contributed by atoms with Gasteiger partial charge in [-0.05, 0) is 246 Å². The number of carbonyl (C=O) groups excluding carboxylic acids is 4. The molecule has 2 aromatic rings. The highest BCUT2D eigenvalue weighted by Crippen LogP contribution is 2.65. The Morgan fingerprint density at radius 2 is 0.817 bits per heavy atom. The van der Waals surface area contributed by atoms with Gasteiger partial charge in [0.15, 0.2) is 0 Å². The van der Waals surface area contributed by atoms with E-state index in [1.165, 1.54) is 178 Å². The van der Waals surface area contributed by atoms with Gasteiger partial charge < -0.3 is 29.2 Å². The van der Waals surface area contributed by atoms with Crippen molar-refractivity contribution in [2.75, 3.05) is 26.4 Å². The lowest BCUT2D eigenvalue weighted by atomic mass is 9.61. The first-order chi connectivity index (χ1) is 45.3. The third kappa shape index (κ3) is 20.2. The second kappa shape index (κ2) is 37.1. The highest BCUT2D eigenvalue weighted by Gasteiger charge is 2.58. The van der Waals surface area contributed by atoms with Crippen LogP contribution in [0, 0.1) is 107 Å². The molecule has 2 N–H and O–H groups in total. The number of hydrogen-bond donors (Lipinski definition) is 2. The first-order valence-corrected chi connectivity index (χ1v) is 38.6. The monoisotopic (exact) mass is 1290 g/mol. The van der Waals surface area contributed by atoms with Crippen LogP contribution in [0.15, 0.2) is 48.5 Å². The van der Waals surface area contributed by atoms with Crippen molar-refractivity contribution >= 4 is 35.8 Å². The molecule has 7 aliphatic rings. The second-order valence-electron chi connectivity index (χ2n) is 31.2. The number of benzene rings is 2. The molecule has 17 unspecified atom stereocenters. The number of fused-ring (bicyclic) bond motifs is 10. The summed E-state index contributed by atoms with van der Waals surface area (Å²) < 4.78 is 23.8. The van der Waals surface area contributed by atoms with Gasteiger partial charge in [0.05, 0.1) is 48.7 Å². The maximum absolute atomic E-state index is 13.4. The fraction of sp³-hybridized carbons (Fsp3) is 0.778. The third-order valence-corrected chi connectivity index (χ3v) is 25.5. The summed E-state index contributed by atoms with van der Waals surface area (Å²) in [6.45, 7) is 11.0. The van der Waals surface area contributed by atoms with Gasteiger partial charge >= 0.3 is 35.8 Å². The number of ether oxygens (including phenoxy) is 4. The van der Waals surface area contributed by atoms with Gasteiger partial charge in [-0.15, -0.1) is 0 Å². The van der Waals surface area contributed by atoms with Gasteiger partial charge in [-0.3, -0.25) is 9.59 Å². The van der Waals surface area contributed by atoms with Crippen LogP contribution >= 0.6 is 0 Å². The van der Waals surface area contributed by atoms with E-state index in [0.29, 0.717) is 122 Å². The molecule has 0 radical (unpaired) electrons. The van der Waals surface area contributed by atoms with Gasteiger partial charge in [0.25, 0.3) is 0 Å². The Morgan fingerprint density at radius 3 is 1.27 bits per heavy atom. The lowest BCUT2D eigenvalue weighted by Crippen LogP contribution is -2.35. The van der Waals surface area contributed by atoms with Gasteiger partial charge in [0.2, 0.25) is 0 Å². The minimum absolute atomic E-state index is 0.0240. The number of carbonyl (C=O) groups is 6. The van der Waals surface area contributed by atoms with Crippen molar-refractivity contribution in [1.29, 1.82) is 0 Å². The highest BCUT2D eigenvalue weighted by molar-refractivity contribution is 5.95. The molecular formula is C81H122O12. The third-order valence-electron chi connectivity index (χ3n) is 25.5. The van der Waals surface area contributed by atoms with Gasteiger partial charge in [0, 0.05) is 12.8 Å². The molecule has 0 aliphatic heterocycles. The Bertz CT molecular complexity index is 2670. The number of carboxylic acids is 2. The Kier molecular flexibility index (Phi) is 28.9. The normalized spacial score (nSPS) is 29.6. The number of esters is 4. The van der Waals surface area contributed by atoms with Crippen molar-refractivity contribution in [3.8, 4) is 0 Å². The standard InChI is InChI=1S/C81H122O12/c1-5-9-11-13-14-20-29-58-39-38-57(28-19-12-10-6-2)66(34-21-15-17-23-36-76(82)90-52-56(8-4)70-46-64-48-74(70)72-42-54(40-68(64)72)50-92-80(88)61-32-25-30-59(44-61)78(84)85)67(58)35-22-16-18-24-37-77(83)91-53-63(27-7-3)71-47-65-49-75(71)73-43-55(41-69(65)73)51-93-81(89)62-33-26-31-60(45-62)79(86)87/h25-26,30-33,44-45,54-58,63-75H,5-24,27-29,34-43,46-53H2,1-4H3,(H,84,85)(H,86,87)/t54?,55?,56?,57?,58?,63?,64?,65?,66?,67?,68?,69?,70?,71?,72?,73?,74?,75-/m0/s1. The predicted molar refractivity (Wildman–Crippen MR) is 366 cm³/mol. The maximum atomic E-state index is 13.4. The van der Waals surface area contributed by atoms with E-state index in [2.05, 4.69) is 27.7 Å². The quantitative estimate of drug-likeness (QED) is 0.0365. The Balaban J connectivity index is 0.684. The molecule has 7 aliphatic carbocycles.